The number of H-pyrrole nitrogens is 1. The maximum absolute atomic E-state index is 12.3. The second kappa shape index (κ2) is 6.32. The number of aromatic nitrogens is 2. The highest BCUT2D eigenvalue weighted by atomic mass is 16.1. The third kappa shape index (κ3) is 3.20. The van der Waals surface area contributed by atoms with Crippen molar-refractivity contribution in [3.63, 3.8) is 0 Å². The summed E-state index contributed by atoms with van der Waals surface area (Å²) in [6.07, 6.45) is 1.59. The highest BCUT2D eigenvalue weighted by Gasteiger charge is 2.19. The Bertz CT molecular complexity index is 694. The average Bonchev–Trinajstić information content (AvgIpc) is 2.71. The van der Waals surface area contributed by atoms with Crippen molar-refractivity contribution in [2.45, 2.75) is 19.4 Å². The summed E-state index contributed by atoms with van der Waals surface area (Å²) in [5.74, 6) is 0.639. The van der Waals surface area contributed by atoms with E-state index >= 15 is 0 Å². The van der Waals surface area contributed by atoms with Crippen LogP contribution in [0.1, 0.15) is 16.8 Å². The second-order valence-corrected chi connectivity index (χ2v) is 5.97. The quantitative estimate of drug-likeness (QED) is 0.931. The van der Waals surface area contributed by atoms with Crippen LogP contribution < -0.4 is 10.5 Å². The first-order valence-corrected chi connectivity index (χ1v) is 7.69. The van der Waals surface area contributed by atoms with E-state index in [1.807, 2.05) is 25.1 Å². The maximum atomic E-state index is 12.3. The first-order chi connectivity index (χ1) is 10.6. The van der Waals surface area contributed by atoms with Gasteiger partial charge < -0.3 is 4.90 Å². The molecule has 5 nitrogen and oxygen atoms in total. The van der Waals surface area contributed by atoms with Crippen LogP contribution in [0.15, 0.2) is 35.1 Å². The molecule has 2 aromatic rings. The first-order valence-electron chi connectivity index (χ1n) is 7.69. The van der Waals surface area contributed by atoms with Crippen molar-refractivity contribution in [3.8, 4) is 0 Å². The van der Waals surface area contributed by atoms with E-state index < -0.39 is 0 Å². The van der Waals surface area contributed by atoms with Crippen molar-refractivity contribution in [2.75, 3.05) is 32.1 Å². The van der Waals surface area contributed by atoms with Crippen LogP contribution in [-0.4, -0.2) is 42.1 Å². The van der Waals surface area contributed by atoms with Crippen molar-refractivity contribution in [2.24, 2.45) is 0 Å². The molecule has 1 N–H and O–H groups in total. The van der Waals surface area contributed by atoms with Gasteiger partial charge in [0.1, 0.15) is 0 Å². The van der Waals surface area contributed by atoms with Gasteiger partial charge in [-0.05, 0) is 12.0 Å². The normalized spacial score (nSPS) is 15.2. The van der Waals surface area contributed by atoms with Crippen molar-refractivity contribution in [3.05, 3.63) is 57.5 Å². The SMILES string of the molecule is CN(C)c1nc2c(c(=O)[nH]1)CCN(Cc1ccccc1)CC2. The minimum atomic E-state index is 0.00950. The van der Waals surface area contributed by atoms with E-state index in [2.05, 4.69) is 39.1 Å². The average molecular weight is 298 g/mol. The molecule has 1 aromatic heterocycles. The van der Waals surface area contributed by atoms with E-state index in [-0.39, 0.29) is 5.56 Å². The topological polar surface area (TPSA) is 52.2 Å². The van der Waals surface area contributed by atoms with Crippen LogP contribution in [0.4, 0.5) is 5.95 Å². The molecule has 1 aromatic carbocycles. The summed E-state index contributed by atoms with van der Waals surface area (Å²) in [7, 11) is 3.78. The smallest absolute Gasteiger partial charge is 0.255 e. The summed E-state index contributed by atoms with van der Waals surface area (Å²) in [6, 6.07) is 10.5. The van der Waals surface area contributed by atoms with Crippen LogP contribution in [0, 0.1) is 0 Å². The van der Waals surface area contributed by atoms with Gasteiger partial charge in [-0.1, -0.05) is 30.3 Å². The highest BCUT2D eigenvalue weighted by Crippen LogP contribution is 2.14. The molecule has 5 heteroatoms. The predicted octanol–water partition coefficient (Wildman–Crippen LogP) is 1.44. The fourth-order valence-electron chi connectivity index (χ4n) is 2.85. The number of nitrogens with zero attached hydrogens (tertiary/aromatic N) is 3. The van der Waals surface area contributed by atoms with Gasteiger partial charge in [-0.3, -0.25) is 14.7 Å². The fraction of sp³-hybridized carbons (Fsp3) is 0.412. The molecule has 0 atom stereocenters. The number of benzene rings is 1. The second-order valence-electron chi connectivity index (χ2n) is 5.97. The number of aromatic amines is 1. The Hall–Kier alpha value is -2.14. The van der Waals surface area contributed by atoms with E-state index in [1.165, 1.54) is 5.56 Å². The van der Waals surface area contributed by atoms with Crippen LogP contribution in [0.25, 0.3) is 0 Å². The van der Waals surface area contributed by atoms with E-state index in [9.17, 15) is 4.79 Å². The van der Waals surface area contributed by atoms with Gasteiger partial charge in [-0.15, -0.1) is 0 Å². The molecule has 116 valence electrons. The molecule has 0 bridgehead atoms. The van der Waals surface area contributed by atoms with Gasteiger partial charge in [-0.25, -0.2) is 4.98 Å². The number of hydrogen-bond donors (Lipinski definition) is 1. The molecule has 0 saturated carbocycles. The Morgan fingerprint density at radius 2 is 1.91 bits per heavy atom. The Labute approximate surface area is 130 Å². The third-order valence-electron chi connectivity index (χ3n) is 4.10. The molecule has 0 saturated heterocycles. The molecule has 3 rings (SSSR count). The lowest BCUT2D eigenvalue weighted by Gasteiger charge is -2.19. The lowest BCUT2D eigenvalue weighted by molar-refractivity contribution is 0.279. The summed E-state index contributed by atoms with van der Waals surface area (Å²) in [6.45, 7) is 2.76. The lowest BCUT2D eigenvalue weighted by Crippen LogP contribution is -2.26. The van der Waals surface area contributed by atoms with Crippen molar-refractivity contribution in [1.82, 2.24) is 14.9 Å². The van der Waals surface area contributed by atoms with E-state index in [4.69, 9.17) is 0 Å². The fourth-order valence-corrected chi connectivity index (χ4v) is 2.85. The largest absolute Gasteiger partial charge is 0.348 e. The van der Waals surface area contributed by atoms with E-state index in [0.29, 0.717) is 5.95 Å². The molecule has 2 heterocycles. The van der Waals surface area contributed by atoms with Gasteiger partial charge in [0.05, 0.1) is 5.69 Å². The summed E-state index contributed by atoms with van der Waals surface area (Å²) >= 11 is 0. The minimum Gasteiger partial charge on any atom is -0.348 e. The Kier molecular flexibility index (Phi) is 4.24. The van der Waals surface area contributed by atoms with Crippen LogP contribution in [0.2, 0.25) is 0 Å². The molecule has 1 aliphatic rings. The molecular formula is C17H22N4O. The molecule has 22 heavy (non-hydrogen) atoms. The first kappa shape index (κ1) is 14.8. The van der Waals surface area contributed by atoms with Crippen molar-refractivity contribution >= 4 is 5.95 Å². The van der Waals surface area contributed by atoms with Crippen LogP contribution in [-0.2, 0) is 19.4 Å². The van der Waals surface area contributed by atoms with Gasteiger partial charge in [0.25, 0.3) is 5.56 Å². The molecule has 0 amide bonds. The zero-order valence-electron chi connectivity index (χ0n) is 13.2. The highest BCUT2D eigenvalue weighted by molar-refractivity contribution is 5.32. The van der Waals surface area contributed by atoms with Gasteiger partial charge in [0.15, 0.2) is 0 Å². The molecule has 0 unspecified atom stereocenters. The summed E-state index contributed by atoms with van der Waals surface area (Å²) in [5.41, 5.74) is 3.11. The van der Waals surface area contributed by atoms with Crippen LogP contribution in [0.3, 0.4) is 0 Å². The Balaban J connectivity index is 1.78. The summed E-state index contributed by atoms with van der Waals surface area (Å²) in [5, 5.41) is 0. The Morgan fingerprint density at radius 1 is 1.18 bits per heavy atom. The standard InChI is InChI=1S/C17H22N4O/c1-20(2)17-18-15-9-11-21(10-8-14(15)16(22)19-17)12-13-6-4-3-5-7-13/h3-7H,8-12H2,1-2H3,(H,18,19,22). The zero-order valence-corrected chi connectivity index (χ0v) is 13.2. The maximum Gasteiger partial charge on any atom is 0.255 e. The van der Waals surface area contributed by atoms with E-state index in [0.717, 1.165) is 43.7 Å². The third-order valence-corrected chi connectivity index (χ3v) is 4.10. The molecule has 0 fully saturated rings. The monoisotopic (exact) mass is 298 g/mol. The molecule has 0 spiro atoms. The summed E-state index contributed by atoms with van der Waals surface area (Å²) in [4.78, 5) is 24.0. The zero-order chi connectivity index (χ0) is 15.5. The van der Waals surface area contributed by atoms with Crippen LogP contribution >= 0.6 is 0 Å². The molecular weight excluding hydrogens is 276 g/mol. The minimum absolute atomic E-state index is 0.00950. The van der Waals surface area contributed by atoms with Gasteiger partial charge in [0, 0.05) is 45.7 Å². The number of nitrogens with one attached hydrogen (secondary N) is 1. The molecule has 0 aliphatic carbocycles. The number of rotatable bonds is 3. The number of anilines is 1. The van der Waals surface area contributed by atoms with Gasteiger partial charge >= 0.3 is 0 Å². The van der Waals surface area contributed by atoms with Gasteiger partial charge in [0.2, 0.25) is 5.95 Å². The van der Waals surface area contributed by atoms with Gasteiger partial charge in [-0.2, -0.15) is 0 Å². The summed E-state index contributed by atoms with van der Waals surface area (Å²) < 4.78 is 0. The van der Waals surface area contributed by atoms with E-state index in [1.54, 1.807) is 0 Å². The number of fused-ring (bicyclic) bond motifs is 1. The number of hydrogen-bond acceptors (Lipinski definition) is 4. The van der Waals surface area contributed by atoms with Crippen LogP contribution in [0.5, 0.6) is 0 Å². The van der Waals surface area contributed by atoms with Crippen molar-refractivity contribution in [1.29, 1.82) is 0 Å². The predicted molar refractivity (Wildman–Crippen MR) is 88.3 cm³/mol. The molecule has 1 aliphatic heterocycles. The molecule has 0 radical (unpaired) electrons. The Morgan fingerprint density at radius 3 is 2.64 bits per heavy atom. The van der Waals surface area contributed by atoms with Crippen molar-refractivity contribution < 1.29 is 0 Å². The lowest BCUT2D eigenvalue weighted by atomic mass is 10.1.